The molecule has 0 radical (unpaired) electrons. The molecule has 5 nitrogen and oxygen atoms in total. The molecule has 0 aromatic heterocycles. The summed E-state index contributed by atoms with van der Waals surface area (Å²) in [6.07, 6.45) is 0. The first-order valence-electron chi connectivity index (χ1n) is 6.69. The number of halogens is 2. The number of hydrogen-bond donors (Lipinski definition) is 2. The summed E-state index contributed by atoms with van der Waals surface area (Å²) in [5.41, 5.74) is 1.02. The SMILES string of the molecule is CC(=O)Nc1ccc(OCC(=O)Nc2ccc(F)c(Cl)c2)cc1. The van der Waals surface area contributed by atoms with Crippen LogP contribution in [0.1, 0.15) is 6.92 Å². The van der Waals surface area contributed by atoms with Crippen molar-refractivity contribution in [2.24, 2.45) is 0 Å². The molecule has 0 aliphatic heterocycles. The van der Waals surface area contributed by atoms with E-state index < -0.39 is 11.7 Å². The van der Waals surface area contributed by atoms with Crippen LogP contribution in [0.3, 0.4) is 0 Å². The third-order valence-electron chi connectivity index (χ3n) is 2.75. The van der Waals surface area contributed by atoms with Gasteiger partial charge in [0.1, 0.15) is 11.6 Å². The van der Waals surface area contributed by atoms with E-state index in [2.05, 4.69) is 10.6 Å². The number of anilines is 2. The molecule has 0 saturated carbocycles. The largest absolute Gasteiger partial charge is 0.484 e. The number of ether oxygens (including phenoxy) is 1. The number of amides is 2. The summed E-state index contributed by atoms with van der Waals surface area (Å²) >= 11 is 5.63. The lowest BCUT2D eigenvalue weighted by atomic mass is 10.3. The van der Waals surface area contributed by atoms with Crippen molar-refractivity contribution in [1.82, 2.24) is 0 Å². The summed E-state index contributed by atoms with van der Waals surface area (Å²) in [7, 11) is 0. The minimum atomic E-state index is -0.555. The van der Waals surface area contributed by atoms with Gasteiger partial charge < -0.3 is 15.4 Å². The monoisotopic (exact) mass is 336 g/mol. The van der Waals surface area contributed by atoms with E-state index in [-0.39, 0.29) is 17.5 Å². The lowest BCUT2D eigenvalue weighted by molar-refractivity contribution is -0.118. The summed E-state index contributed by atoms with van der Waals surface area (Å²) in [5.74, 6) is -0.652. The van der Waals surface area contributed by atoms with Gasteiger partial charge in [-0.1, -0.05) is 11.6 Å². The molecule has 2 aromatic rings. The van der Waals surface area contributed by atoms with E-state index in [4.69, 9.17) is 16.3 Å². The van der Waals surface area contributed by atoms with Crippen molar-refractivity contribution in [3.63, 3.8) is 0 Å². The predicted molar refractivity (Wildman–Crippen MR) is 86.3 cm³/mol. The highest BCUT2D eigenvalue weighted by atomic mass is 35.5. The van der Waals surface area contributed by atoms with Gasteiger partial charge in [0.25, 0.3) is 5.91 Å². The molecule has 0 spiro atoms. The average Bonchev–Trinajstić information content (AvgIpc) is 2.50. The van der Waals surface area contributed by atoms with Crippen molar-refractivity contribution in [3.05, 3.63) is 53.3 Å². The fraction of sp³-hybridized carbons (Fsp3) is 0.125. The molecule has 0 saturated heterocycles. The fourth-order valence-corrected chi connectivity index (χ4v) is 1.94. The van der Waals surface area contributed by atoms with Crippen molar-refractivity contribution in [3.8, 4) is 5.75 Å². The molecule has 0 aliphatic rings. The molecule has 0 bridgehead atoms. The maximum atomic E-state index is 13.0. The van der Waals surface area contributed by atoms with Crippen LogP contribution in [-0.2, 0) is 9.59 Å². The van der Waals surface area contributed by atoms with Crippen LogP contribution >= 0.6 is 11.6 Å². The van der Waals surface area contributed by atoms with Gasteiger partial charge in [-0.3, -0.25) is 9.59 Å². The molecule has 120 valence electrons. The van der Waals surface area contributed by atoms with Gasteiger partial charge >= 0.3 is 0 Å². The Bertz CT molecular complexity index is 720. The molecule has 23 heavy (non-hydrogen) atoms. The average molecular weight is 337 g/mol. The van der Waals surface area contributed by atoms with Crippen LogP contribution in [0.2, 0.25) is 5.02 Å². The van der Waals surface area contributed by atoms with Crippen molar-refractivity contribution in [1.29, 1.82) is 0 Å². The molecule has 2 aromatic carbocycles. The summed E-state index contributed by atoms with van der Waals surface area (Å²) in [6, 6.07) is 10.5. The Labute approximate surface area is 137 Å². The quantitative estimate of drug-likeness (QED) is 0.878. The second-order valence-electron chi connectivity index (χ2n) is 4.67. The van der Waals surface area contributed by atoms with E-state index in [9.17, 15) is 14.0 Å². The maximum absolute atomic E-state index is 13.0. The van der Waals surface area contributed by atoms with Crippen LogP contribution in [-0.4, -0.2) is 18.4 Å². The molecular formula is C16H14ClFN2O3. The molecule has 2 N–H and O–H groups in total. The van der Waals surface area contributed by atoms with E-state index >= 15 is 0 Å². The van der Waals surface area contributed by atoms with Gasteiger partial charge in [-0.2, -0.15) is 0 Å². The Hall–Kier alpha value is -2.60. The molecule has 0 fully saturated rings. The number of hydrogen-bond acceptors (Lipinski definition) is 3. The number of rotatable bonds is 5. The molecule has 0 atom stereocenters. The molecule has 2 amide bonds. The predicted octanol–water partition coefficient (Wildman–Crippen LogP) is 3.46. The first kappa shape index (κ1) is 16.8. The zero-order valence-corrected chi connectivity index (χ0v) is 13.0. The van der Waals surface area contributed by atoms with E-state index in [1.165, 1.54) is 25.1 Å². The second-order valence-corrected chi connectivity index (χ2v) is 5.08. The van der Waals surface area contributed by atoms with Gasteiger partial charge in [-0.05, 0) is 42.5 Å². The van der Waals surface area contributed by atoms with Gasteiger partial charge in [0, 0.05) is 18.3 Å². The Balaban J connectivity index is 1.86. The first-order valence-corrected chi connectivity index (χ1v) is 7.07. The smallest absolute Gasteiger partial charge is 0.262 e. The Kier molecular flexibility index (Phi) is 5.54. The van der Waals surface area contributed by atoms with Gasteiger partial charge in [0.2, 0.25) is 5.91 Å². The van der Waals surface area contributed by atoms with Crippen LogP contribution in [0.4, 0.5) is 15.8 Å². The Morgan fingerprint density at radius 3 is 2.35 bits per heavy atom. The maximum Gasteiger partial charge on any atom is 0.262 e. The second kappa shape index (κ2) is 7.60. The number of carbonyl (C=O) groups excluding carboxylic acids is 2. The van der Waals surface area contributed by atoms with Crippen molar-refractivity contribution in [2.75, 3.05) is 17.2 Å². The number of nitrogens with one attached hydrogen (secondary N) is 2. The van der Waals surface area contributed by atoms with Gasteiger partial charge in [-0.25, -0.2) is 4.39 Å². The van der Waals surface area contributed by atoms with E-state index in [0.717, 1.165) is 0 Å². The van der Waals surface area contributed by atoms with Crippen molar-refractivity contribution >= 4 is 34.8 Å². The highest BCUT2D eigenvalue weighted by Crippen LogP contribution is 2.19. The minimum absolute atomic E-state index is 0.0720. The Morgan fingerprint density at radius 1 is 1.09 bits per heavy atom. The first-order chi connectivity index (χ1) is 10.9. The van der Waals surface area contributed by atoms with Crippen LogP contribution < -0.4 is 15.4 Å². The Morgan fingerprint density at radius 2 is 1.74 bits per heavy atom. The van der Waals surface area contributed by atoms with E-state index in [1.807, 2.05) is 0 Å². The van der Waals surface area contributed by atoms with Crippen molar-refractivity contribution < 1.29 is 18.7 Å². The molecule has 7 heteroatoms. The van der Waals surface area contributed by atoms with E-state index in [0.29, 0.717) is 17.1 Å². The van der Waals surface area contributed by atoms with Gasteiger partial charge in [0.15, 0.2) is 6.61 Å². The van der Waals surface area contributed by atoms with Crippen LogP contribution in [0.5, 0.6) is 5.75 Å². The van der Waals surface area contributed by atoms with E-state index in [1.54, 1.807) is 24.3 Å². The summed E-state index contributed by atoms with van der Waals surface area (Å²) < 4.78 is 18.3. The summed E-state index contributed by atoms with van der Waals surface area (Å²) in [6.45, 7) is 1.20. The normalized spacial score (nSPS) is 10.0. The van der Waals surface area contributed by atoms with Crippen LogP contribution in [0.25, 0.3) is 0 Å². The fourth-order valence-electron chi connectivity index (χ4n) is 1.76. The molecule has 0 heterocycles. The molecule has 0 unspecified atom stereocenters. The van der Waals surface area contributed by atoms with Gasteiger partial charge in [0.05, 0.1) is 5.02 Å². The number of benzene rings is 2. The van der Waals surface area contributed by atoms with Crippen LogP contribution in [0.15, 0.2) is 42.5 Å². The molecule has 0 aliphatic carbocycles. The zero-order chi connectivity index (χ0) is 16.8. The summed E-state index contributed by atoms with van der Waals surface area (Å²) in [5, 5.41) is 5.10. The minimum Gasteiger partial charge on any atom is -0.484 e. The number of carbonyl (C=O) groups is 2. The van der Waals surface area contributed by atoms with Crippen LogP contribution in [0, 0.1) is 5.82 Å². The highest BCUT2D eigenvalue weighted by Gasteiger charge is 2.06. The van der Waals surface area contributed by atoms with Crippen molar-refractivity contribution in [2.45, 2.75) is 6.92 Å². The lowest BCUT2D eigenvalue weighted by Gasteiger charge is -2.09. The highest BCUT2D eigenvalue weighted by molar-refractivity contribution is 6.31. The van der Waals surface area contributed by atoms with Gasteiger partial charge in [-0.15, -0.1) is 0 Å². The lowest BCUT2D eigenvalue weighted by Crippen LogP contribution is -2.20. The third kappa shape index (κ3) is 5.27. The third-order valence-corrected chi connectivity index (χ3v) is 3.04. The standard InChI is InChI=1S/C16H14ClFN2O3/c1-10(21)19-11-2-5-13(6-3-11)23-9-16(22)20-12-4-7-15(18)14(17)8-12/h2-8H,9H2,1H3,(H,19,21)(H,20,22). The summed E-state index contributed by atoms with van der Waals surface area (Å²) in [4.78, 5) is 22.7. The molecular weight excluding hydrogens is 323 g/mol. The molecule has 2 rings (SSSR count). The zero-order valence-electron chi connectivity index (χ0n) is 12.2. The topological polar surface area (TPSA) is 67.4 Å².